The third-order valence-electron chi connectivity index (χ3n) is 4.24. The zero-order chi connectivity index (χ0) is 14.8. The van der Waals surface area contributed by atoms with Crippen molar-refractivity contribution >= 4 is 29.3 Å². The van der Waals surface area contributed by atoms with Gasteiger partial charge in [0.05, 0.1) is 0 Å². The minimum Gasteiger partial charge on any atom is -0.451 e. The second kappa shape index (κ2) is 7.16. The standard InChI is InChI=1S/C17H22N2O2.ClH/c1-3-10-19(13-8-9-18-11-13)17(20)16-12(2)14-6-4-5-7-15(14)21-16;/h4-7,13,18H,3,8-11H2,1-2H3;1H. The Hall–Kier alpha value is -1.52. The Bertz CT molecular complexity index is 647. The molecule has 1 saturated heterocycles. The Morgan fingerprint density at radius 1 is 1.41 bits per heavy atom. The molecule has 0 aliphatic carbocycles. The summed E-state index contributed by atoms with van der Waals surface area (Å²) < 4.78 is 5.84. The average Bonchev–Trinajstić information content (AvgIpc) is 3.13. The number of halogens is 1. The van der Waals surface area contributed by atoms with Gasteiger partial charge in [-0.1, -0.05) is 25.1 Å². The minimum absolute atomic E-state index is 0. The second-order valence-corrected chi connectivity index (χ2v) is 5.70. The van der Waals surface area contributed by atoms with Gasteiger partial charge in [0.15, 0.2) is 5.76 Å². The fraction of sp³-hybridized carbons (Fsp3) is 0.471. The summed E-state index contributed by atoms with van der Waals surface area (Å²) in [5, 5.41) is 4.36. The number of amides is 1. The molecule has 120 valence electrons. The molecule has 1 unspecified atom stereocenters. The fourth-order valence-corrected chi connectivity index (χ4v) is 3.11. The molecule has 2 aromatic rings. The van der Waals surface area contributed by atoms with Crippen molar-refractivity contribution in [2.45, 2.75) is 32.7 Å². The summed E-state index contributed by atoms with van der Waals surface area (Å²) >= 11 is 0. The van der Waals surface area contributed by atoms with Crippen LogP contribution in [0.4, 0.5) is 0 Å². The number of hydrogen-bond acceptors (Lipinski definition) is 3. The summed E-state index contributed by atoms with van der Waals surface area (Å²) in [5.41, 5.74) is 1.74. The van der Waals surface area contributed by atoms with Crippen LogP contribution in [-0.2, 0) is 0 Å². The van der Waals surface area contributed by atoms with E-state index < -0.39 is 0 Å². The van der Waals surface area contributed by atoms with Crippen molar-refractivity contribution in [1.29, 1.82) is 0 Å². The average molecular weight is 323 g/mol. The van der Waals surface area contributed by atoms with Crippen LogP contribution in [-0.4, -0.2) is 36.5 Å². The largest absolute Gasteiger partial charge is 0.451 e. The number of fused-ring (bicyclic) bond motifs is 1. The number of furan rings is 1. The Morgan fingerprint density at radius 3 is 2.82 bits per heavy atom. The monoisotopic (exact) mass is 322 g/mol. The van der Waals surface area contributed by atoms with E-state index in [4.69, 9.17) is 4.42 Å². The van der Waals surface area contributed by atoms with Gasteiger partial charge in [-0.3, -0.25) is 4.79 Å². The van der Waals surface area contributed by atoms with Gasteiger partial charge in [0, 0.05) is 30.1 Å². The van der Waals surface area contributed by atoms with Crippen LogP contribution in [0.2, 0.25) is 0 Å². The smallest absolute Gasteiger partial charge is 0.290 e. The van der Waals surface area contributed by atoms with E-state index in [0.717, 1.165) is 49.0 Å². The number of aryl methyl sites for hydroxylation is 1. The van der Waals surface area contributed by atoms with Crippen molar-refractivity contribution in [3.8, 4) is 0 Å². The van der Waals surface area contributed by atoms with Gasteiger partial charge in [0.25, 0.3) is 5.91 Å². The first-order valence-electron chi connectivity index (χ1n) is 7.72. The van der Waals surface area contributed by atoms with Gasteiger partial charge in [0.1, 0.15) is 5.58 Å². The summed E-state index contributed by atoms with van der Waals surface area (Å²) in [5.74, 6) is 0.524. The molecule has 1 aliphatic rings. The van der Waals surface area contributed by atoms with Gasteiger partial charge in [-0.15, -0.1) is 12.4 Å². The van der Waals surface area contributed by atoms with Gasteiger partial charge in [-0.2, -0.15) is 0 Å². The molecule has 3 rings (SSSR count). The lowest BCUT2D eigenvalue weighted by Crippen LogP contribution is -2.42. The summed E-state index contributed by atoms with van der Waals surface area (Å²) in [7, 11) is 0. The predicted octanol–water partition coefficient (Wildman–Crippen LogP) is 3.38. The number of benzene rings is 1. The quantitative estimate of drug-likeness (QED) is 0.938. The molecule has 0 radical (unpaired) electrons. The molecule has 1 aromatic carbocycles. The molecule has 0 saturated carbocycles. The molecule has 0 spiro atoms. The van der Waals surface area contributed by atoms with Gasteiger partial charge < -0.3 is 14.6 Å². The molecule has 2 heterocycles. The van der Waals surface area contributed by atoms with Crippen LogP contribution >= 0.6 is 12.4 Å². The highest BCUT2D eigenvalue weighted by Crippen LogP contribution is 2.27. The van der Waals surface area contributed by atoms with E-state index in [2.05, 4.69) is 12.2 Å². The minimum atomic E-state index is 0. The van der Waals surface area contributed by atoms with Crippen molar-refractivity contribution in [3.05, 3.63) is 35.6 Å². The fourth-order valence-electron chi connectivity index (χ4n) is 3.11. The first-order valence-corrected chi connectivity index (χ1v) is 7.72. The van der Waals surface area contributed by atoms with Gasteiger partial charge in [0.2, 0.25) is 0 Å². The highest BCUT2D eigenvalue weighted by molar-refractivity contribution is 5.99. The predicted molar refractivity (Wildman–Crippen MR) is 90.8 cm³/mol. The Kier molecular flexibility index (Phi) is 5.48. The van der Waals surface area contributed by atoms with E-state index >= 15 is 0 Å². The molecule has 5 heteroatoms. The molecule has 1 atom stereocenters. The van der Waals surface area contributed by atoms with Crippen LogP contribution in [0.1, 0.15) is 35.9 Å². The van der Waals surface area contributed by atoms with Gasteiger partial charge >= 0.3 is 0 Å². The first kappa shape index (κ1) is 16.8. The maximum atomic E-state index is 12.9. The van der Waals surface area contributed by atoms with Gasteiger partial charge in [-0.05, 0) is 32.4 Å². The molecular formula is C17H23ClN2O2. The van der Waals surface area contributed by atoms with Crippen LogP contribution < -0.4 is 5.32 Å². The van der Waals surface area contributed by atoms with Crippen LogP contribution in [0.15, 0.2) is 28.7 Å². The Labute approximate surface area is 137 Å². The summed E-state index contributed by atoms with van der Waals surface area (Å²) in [6, 6.07) is 8.12. The third kappa shape index (κ3) is 2.99. The number of carbonyl (C=O) groups is 1. The Balaban J connectivity index is 0.00000176. The molecule has 0 bridgehead atoms. The number of para-hydroxylation sites is 1. The number of carbonyl (C=O) groups excluding carboxylic acids is 1. The van der Waals surface area contributed by atoms with E-state index in [9.17, 15) is 4.79 Å². The lowest BCUT2D eigenvalue weighted by Gasteiger charge is -2.27. The molecule has 1 aliphatic heterocycles. The van der Waals surface area contributed by atoms with Crippen LogP contribution in [0.25, 0.3) is 11.0 Å². The number of hydrogen-bond donors (Lipinski definition) is 1. The molecule has 1 amide bonds. The van der Waals surface area contributed by atoms with Crippen molar-refractivity contribution in [2.75, 3.05) is 19.6 Å². The van der Waals surface area contributed by atoms with E-state index in [0.29, 0.717) is 5.76 Å². The normalized spacial score (nSPS) is 17.5. The van der Waals surface area contributed by atoms with Crippen LogP contribution in [0, 0.1) is 6.92 Å². The maximum absolute atomic E-state index is 12.9. The highest BCUT2D eigenvalue weighted by Gasteiger charge is 2.29. The molecule has 1 N–H and O–H groups in total. The van der Waals surface area contributed by atoms with E-state index in [1.165, 1.54) is 0 Å². The summed E-state index contributed by atoms with van der Waals surface area (Å²) in [6.07, 6.45) is 1.98. The maximum Gasteiger partial charge on any atom is 0.290 e. The summed E-state index contributed by atoms with van der Waals surface area (Å²) in [4.78, 5) is 14.9. The van der Waals surface area contributed by atoms with Crippen molar-refractivity contribution in [1.82, 2.24) is 10.2 Å². The number of nitrogens with one attached hydrogen (secondary N) is 1. The van der Waals surface area contributed by atoms with E-state index in [-0.39, 0.29) is 24.4 Å². The highest BCUT2D eigenvalue weighted by atomic mass is 35.5. The van der Waals surface area contributed by atoms with Crippen molar-refractivity contribution in [3.63, 3.8) is 0 Å². The molecule has 4 nitrogen and oxygen atoms in total. The lowest BCUT2D eigenvalue weighted by molar-refractivity contribution is 0.0661. The zero-order valence-electron chi connectivity index (χ0n) is 13.1. The third-order valence-corrected chi connectivity index (χ3v) is 4.24. The SMILES string of the molecule is CCCN(C(=O)c1oc2ccccc2c1C)C1CCNC1.Cl. The Morgan fingerprint density at radius 2 is 2.18 bits per heavy atom. The van der Waals surface area contributed by atoms with Gasteiger partial charge in [-0.25, -0.2) is 0 Å². The van der Waals surface area contributed by atoms with Crippen molar-refractivity contribution in [2.24, 2.45) is 0 Å². The molecule has 1 fully saturated rings. The molecule has 22 heavy (non-hydrogen) atoms. The number of rotatable bonds is 4. The lowest BCUT2D eigenvalue weighted by atomic mass is 10.1. The van der Waals surface area contributed by atoms with E-state index in [1.54, 1.807) is 0 Å². The second-order valence-electron chi connectivity index (χ2n) is 5.70. The first-order chi connectivity index (χ1) is 10.2. The van der Waals surface area contributed by atoms with Crippen molar-refractivity contribution < 1.29 is 9.21 Å². The van der Waals surface area contributed by atoms with Crippen LogP contribution in [0.5, 0.6) is 0 Å². The molecule has 1 aromatic heterocycles. The zero-order valence-corrected chi connectivity index (χ0v) is 13.9. The summed E-state index contributed by atoms with van der Waals surface area (Å²) in [6.45, 7) is 6.72. The van der Waals surface area contributed by atoms with E-state index in [1.807, 2.05) is 36.1 Å². The molecular weight excluding hydrogens is 300 g/mol. The number of nitrogens with zero attached hydrogens (tertiary/aromatic N) is 1. The van der Waals surface area contributed by atoms with Crippen LogP contribution in [0.3, 0.4) is 0 Å². The topological polar surface area (TPSA) is 45.5 Å².